The van der Waals surface area contributed by atoms with Gasteiger partial charge in [0.2, 0.25) is 6.29 Å². The van der Waals surface area contributed by atoms with Crippen molar-refractivity contribution >= 4 is 17.4 Å². The van der Waals surface area contributed by atoms with E-state index in [-0.39, 0.29) is 17.0 Å². The minimum absolute atomic E-state index is 0.00889. The average Bonchev–Trinajstić information content (AvgIpc) is 2.60. The van der Waals surface area contributed by atoms with E-state index >= 15 is 0 Å². The smallest absolute Gasteiger partial charge is 0.260 e. The van der Waals surface area contributed by atoms with Crippen molar-refractivity contribution in [2.75, 3.05) is 0 Å². The summed E-state index contributed by atoms with van der Waals surface area (Å²) in [6.07, 6.45) is 0.402. The molecule has 0 aliphatic heterocycles. The van der Waals surface area contributed by atoms with Crippen LogP contribution in [0.2, 0.25) is 0 Å². The monoisotopic (exact) mass is 190 g/mol. The molecule has 0 N–H and O–H groups in total. The topological polar surface area (TPSA) is 66.9 Å². The first-order valence-corrected chi connectivity index (χ1v) is 3.70. The summed E-state index contributed by atoms with van der Waals surface area (Å²) in [6, 6.07) is 4.11. The highest BCUT2D eigenvalue weighted by molar-refractivity contribution is 5.83. The Morgan fingerprint density at radius 1 is 1.57 bits per heavy atom. The Hall–Kier alpha value is -2.22. The summed E-state index contributed by atoms with van der Waals surface area (Å²) in [5.41, 5.74) is 0.0720. The molecule has 0 aliphatic carbocycles. The van der Waals surface area contributed by atoms with E-state index in [1.54, 1.807) is 6.07 Å². The molecule has 0 bridgehead atoms. The number of aldehydes is 1. The molecule has 0 unspecified atom stereocenters. The standard InChI is InChI=1S/C9H3FN2O2/c10-6-1-2-7-9(5(6)3-11)14-8(4-13)12-7/h1-2,4H. The fraction of sp³-hybridized carbons (Fsp3) is 0. The maximum absolute atomic E-state index is 13.0. The van der Waals surface area contributed by atoms with E-state index in [9.17, 15) is 9.18 Å². The number of carbonyl (C=O) groups excluding carboxylic acids is 1. The molecule has 0 saturated heterocycles. The summed E-state index contributed by atoms with van der Waals surface area (Å²) < 4.78 is 17.9. The molecule has 2 rings (SSSR count). The molecule has 0 amide bonds. The molecule has 0 radical (unpaired) electrons. The van der Waals surface area contributed by atoms with Gasteiger partial charge in [-0.1, -0.05) is 0 Å². The number of hydrogen-bond donors (Lipinski definition) is 0. The lowest BCUT2D eigenvalue weighted by atomic mass is 10.2. The van der Waals surface area contributed by atoms with Crippen molar-refractivity contribution in [1.29, 1.82) is 5.26 Å². The summed E-state index contributed by atoms with van der Waals surface area (Å²) in [7, 11) is 0. The van der Waals surface area contributed by atoms with E-state index in [0.29, 0.717) is 11.8 Å². The van der Waals surface area contributed by atoms with E-state index in [1.165, 1.54) is 6.07 Å². The van der Waals surface area contributed by atoms with Gasteiger partial charge in [0.15, 0.2) is 5.58 Å². The Morgan fingerprint density at radius 2 is 2.36 bits per heavy atom. The van der Waals surface area contributed by atoms with Crippen LogP contribution in [0, 0.1) is 17.1 Å². The minimum Gasteiger partial charge on any atom is -0.432 e. The van der Waals surface area contributed by atoms with Crippen LogP contribution in [0.1, 0.15) is 16.2 Å². The van der Waals surface area contributed by atoms with Gasteiger partial charge in [-0.25, -0.2) is 9.37 Å². The van der Waals surface area contributed by atoms with Crippen LogP contribution in [0.5, 0.6) is 0 Å². The Morgan fingerprint density at radius 3 is 3.00 bits per heavy atom. The molecule has 0 saturated carbocycles. The van der Waals surface area contributed by atoms with Gasteiger partial charge in [-0.15, -0.1) is 0 Å². The molecule has 5 heteroatoms. The van der Waals surface area contributed by atoms with Crippen molar-refractivity contribution in [2.24, 2.45) is 0 Å². The number of nitriles is 1. The zero-order chi connectivity index (χ0) is 10.1. The number of nitrogens with zero attached hydrogens (tertiary/aromatic N) is 2. The predicted molar refractivity (Wildman–Crippen MR) is 44.1 cm³/mol. The second-order valence-corrected chi connectivity index (χ2v) is 2.55. The van der Waals surface area contributed by atoms with Crippen molar-refractivity contribution in [3.8, 4) is 6.07 Å². The van der Waals surface area contributed by atoms with Gasteiger partial charge in [0, 0.05) is 0 Å². The molecule has 68 valence electrons. The van der Waals surface area contributed by atoms with Gasteiger partial charge in [-0.3, -0.25) is 4.79 Å². The number of fused-ring (bicyclic) bond motifs is 1. The van der Waals surface area contributed by atoms with Crippen molar-refractivity contribution in [2.45, 2.75) is 0 Å². The number of oxazole rings is 1. The summed E-state index contributed by atoms with van der Waals surface area (Å²) in [6.45, 7) is 0. The second kappa shape index (κ2) is 2.92. The summed E-state index contributed by atoms with van der Waals surface area (Å²) >= 11 is 0. The molecule has 0 aliphatic rings. The fourth-order valence-corrected chi connectivity index (χ4v) is 1.14. The number of aromatic nitrogens is 1. The summed E-state index contributed by atoms with van der Waals surface area (Å²) in [5.74, 6) is -0.851. The van der Waals surface area contributed by atoms with Gasteiger partial charge in [-0.05, 0) is 12.1 Å². The third kappa shape index (κ3) is 1.05. The van der Waals surface area contributed by atoms with Gasteiger partial charge >= 0.3 is 0 Å². The molecule has 0 fully saturated rings. The Bertz CT molecular complexity index is 554. The van der Waals surface area contributed by atoms with Gasteiger partial charge in [0.1, 0.15) is 23.0 Å². The minimum atomic E-state index is -0.686. The Labute approximate surface area is 77.6 Å². The highest BCUT2D eigenvalue weighted by Gasteiger charge is 2.13. The van der Waals surface area contributed by atoms with Gasteiger partial charge in [-0.2, -0.15) is 5.26 Å². The van der Waals surface area contributed by atoms with Crippen LogP contribution in [0.25, 0.3) is 11.1 Å². The van der Waals surface area contributed by atoms with Gasteiger partial charge in [0.25, 0.3) is 5.89 Å². The lowest BCUT2D eigenvalue weighted by molar-refractivity contribution is 0.109. The third-order valence-electron chi connectivity index (χ3n) is 1.74. The van der Waals surface area contributed by atoms with E-state index in [2.05, 4.69) is 4.98 Å². The van der Waals surface area contributed by atoms with Gasteiger partial charge < -0.3 is 4.42 Å². The van der Waals surface area contributed by atoms with Crippen LogP contribution in [-0.2, 0) is 0 Å². The van der Waals surface area contributed by atoms with E-state index in [4.69, 9.17) is 9.68 Å². The molecule has 1 aromatic heterocycles. The number of halogens is 1. The lowest BCUT2D eigenvalue weighted by Crippen LogP contribution is -1.83. The molecule has 1 heterocycles. The maximum Gasteiger partial charge on any atom is 0.260 e. The molecule has 4 nitrogen and oxygen atoms in total. The molecule has 0 spiro atoms. The Balaban J connectivity index is 2.87. The maximum atomic E-state index is 13.0. The molecular formula is C9H3FN2O2. The van der Waals surface area contributed by atoms with Crippen LogP contribution in [0.3, 0.4) is 0 Å². The van der Waals surface area contributed by atoms with Crippen LogP contribution < -0.4 is 0 Å². The molecule has 14 heavy (non-hydrogen) atoms. The zero-order valence-corrected chi connectivity index (χ0v) is 6.82. The van der Waals surface area contributed by atoms with Crippen molar-refractivity contribution < 1.29 is 13.6 Å². The van der Waals surface area contributed by atoms with Crippen molar-refractivity contribution in [1.82, 2.24) is 4.98 Å². The first-order valence-electron chi connectivity index (χ1n) is 3.70. The van der Waals surface area contributed by atoms with Crippen LogP contribution in [-0.4, -0.2) is 11.3 Å². The molecule has 0 atom stereocenters. The fourth-order valence-electron chi connectivity index (χ4n) is 1.14. The number of rotatable bonds is 1. The number of hydrogen-bond acceptors (Lipinski definition) is 4. The largest absolute Gasteiger partial charge is 0.432 e. The molecular weight excluding hydrogens is 187 g/mol. The Kier molecular flexibility index (Phi) is 1.75. The second-order valence-electron chi connectivity index (χ2n) is 2.55. The zero-order valence-electron chi connectivity index (χ0n) is 6.82. The highest BCUT2D eigenvalue weighted by Crippen LogP contribution is 2.21. The normalized spacial score (nSPS) is 10.0. The lowest BCUT2D eigenvalue weighted by Gasteiger charge is -1.91. The van der Waals surface area contributed by atoms with Crippen LogP contribution in [0.4, 0.5) is 4.39 Å². The van der Waals surface area contributed by atoms with Crippen molar-refractivity contribution in [3.05, 3.63) is 29.4 Å². The SMILES string of the molecule is N#Cc1c(F)ccc2nc(C=O)oc12. The highest BCUT2D eigenvalue weighted by atomic mass is 19.1. The van der Waals surface area contributed by atoms with E-state index in [1.807, 2.05) is 0 Å². The van der Waals surface area contributed by atoms with Crippen LogP contribution in [0.15, 0.2) is 16.5 Å². The first-order chi connectivity index (χ1) is 6.76. The molecule has 1 aromatic carbocycles. The van der Waals surface area contributed by atoms with E-state index in [0.717, 1.165) is 6.07 Å². The first kappa shape index (κ1) is 8.38. The van der Waals surface area contributed by atoms with Crippen LogP contribution >= 0.6 is 0 Å². The van der Waals surface area contributed by atoms with Crippen molar-refractivity contribution in [3.63, 3.8) is 0 Å². The van der Waals surface area contributed by atoms with Gasteiger partial charge in [0.05, 0.1) is 0 Å². The summed E-state index contributed by atoms with van der Waals surface area (Å²) in [5, 5.41) is 8.63. The predicted octanol–water partition coefficient (Wildman–Crippen LogP) is 1.65. The summed E-state index contributed by atoms with van der Waals surface area (Å²) in [4.78, 5) is 14.1. The average molecular weight is 190 g/mol. The quantitative estimate of drug-likeness (QED) is 0.641. The molecule has 2 aromatic rings. The number of carbonyl (C=O) groups is 1. The third-order valence-corrected chi connectivity index (χ3v) is 1.74. The van der Waals surface area contributed by atoms with E-state index < -0.39 is 5.82 Å². The number of benzene rings is 1.